The molecule has 33 heavy (non-hydrogen) atoms. The summed E-state index contributed by atoms with van der Waals surface area (Å²) >= 11 is 6.19. The Labute approximate surface area is 198 Å². The van der Waals surface area contributed by atoms with Gasteiger partial charge in [-0.15, -0.1) is 0 Å². The summed E-state index contributed by atoms with van der Waals surface area (Å²) in [6.45, 7) is 4.84. The Morgan fingerprint density at radius 3 is 2.52 bits per heavy atom. The average molecular weight is 488 g/mol. The van der Waals surface area contributed by atoms with Crippen molar-refractivity contribution in [2.24, 2.45) is 0 Å². The van der Waals surface area contributed by atoms with Gasteiger partial charge in [0.2, 0.25) is 6.29 Å². The number of likely N-dealkylation sites (tertiary alicyclic amines) is 1. The molecule has 0 radical (unpaired) electrons. The Morgan fingerprint density at radius 1 is 1.06 bits per heavy atom. The number of aliphatic hydroxyl groups is 3. The summed E-state index contributed by atoms with van der Waals surface area (Å²) in [6.07, 6.45) is -1.92. The number of ether oxygens (including phenoxy) is 3. The Balaban J connectivity index is 1.43. The van der Waals surface area contributed by atoms with E-state index in [0.717, 1.165) is 31.6 Å². The number of piperidine rings is 1. The molecule has 186 valence electrons. The lowest BCUT2D eigenvalue weighted by Gasteiger charge is -2.38. The average Bonchev–Trinajstić information content (AvgIpc) is 2.81. The Kier molecular flexibility index (Phi) is 10.2. The fourth-order valence-corrected chi connectivity index (χ4v) is 4.28. The van der Waals surface area contributed by atoms with Crippen LogP contribution in [0.3, 0.4) is 0 Å². The predicted octanol–water partition coefficient (Wildman–Crippen LogP) is 1.44. The van der Waals surface area contributed by atoms with Gasteiger partial charge in [-0.05, 0) is 62.9 Å². The van der Waals surface area contributed by atoms with Crippen LogP contribution in [0.4, 0.5) is 0 Å². The third-order valence-electron chi connectivity index (χ3n) is 6.02. The second-order valence-electron chi connectivity index (χ2n) is 8.59. The van der Waals surface area contributed by atoms with Crippen LogP contribution >= 0.6 is 11.6 Å². The molecule has 0 bridgehead atoms. The molecular formula is C23H34ClNO8. The zero-order valence-electron chi connectivity index (χ0n) is 18.6. The first kappa shape index (κ1) is 26.2. The molecule has 1 aromatic rings. The Morgan fingerprint density at radius 2 is 1.79 bits per heavy atom. The van der Waals surface area contributed by atoms with Crippen molar-refractivity contribution in [1.29, 1.82) is 0 Å². The van der Waals surface area contributed by atoms with E-state index in [1.54, 1.807) is 12.1 Å². The van der Waals surface area contributed by atoms with Crippen molar-refractivity contribution in [2.45, 2.75) is 69.2 Å². The van der Waals surface area contributed by atoms with Crippen molar-refractivity contribution in [3.63, 3.8) is 0 Å². The maximum atomic E-state index is 11.3. The molecule has 10 heteroatoms. The van der Waals surface area contributed by atoms with E-state index >= 15 is 0 Å². The highest BCUT2D eigenvalue weighted by Gasteiger charge is 2.48. The second-order valence-corrected chi connectivity index (χ2v) is 9.00. The number of nitrogens with zero attached hydrogens (tertiary/aromatic N) is 1. The van der Waals surface area contributed by atoms with Gasteiger partial charge in [0, 0.05) is 19.8 Å². The van der Waals surface area contributed by atoms with Gasteiger partial charge in [-0.2, -0.15) is 0 Å². The first-order valence-electron chi connectivity index (χ1n) is 11.5. The smallest absolute Gasteiger partial charge is 0.335 e. The molecule has 0 unspecified atom stereocenters. The van der Waals surface area contributed by atoms with Gasteiger partial charge in [-0.1, -0.05) is 24.1 Å². The van der Waals surface area contributed by atoms with Crippen molar-refractivity contribution in [1.82, 2.24) is 4.90 Å². The normalized spacial score (nSPS) is 28.5. The predicted molar refractivity (Wildman–Crippen MR) is 120 cm³/mol. The molecule has 0 aromatic heterocycles. The standard InChI is InChI=1S/C23H34ClNO8/c24-16-8-7-15(6-4-12-31-13-5-11-25-9-2-1-3-10-25)14-17(16)32-23-20(28)18(26)19(27)21(33-23)22(29)30/h7-8,14,18-21,23,26-28H,1-6,9-13H2,(H,29,30)/t18-,19-,20+,21-,23+/m0/s1. The molecular weight excluding hydrogens is 454 g/mol. The minimum Gasteiger partial charge on any atom is -0.479 e. The maximum Gasteiger partial charge on any atom is 0.335 e. The molecule has 2 heterocycles. The number of aryl methyl sites for hydroxylation is 1. The first-order chi connectivity index (χ1) is 15.9. The summed E-state index contributed by atoms with van der Waals surface area (Å²) in [7, 11) is 0. The third-order valence-corrected chi connectivity index (χ3v) is 6.33. The van der Waals surface area contributed by atoms with Crippen LogP contribution in [-0.4, -0.2) is 94.8 Å². The van der Waals surface area contributed by atoms with Gasteiger partial charge in [0.1, 0.15) is 24.1 Å². The minimum atomic E-state index is -1.78. The van der Waals surface area contributed by atoms with Gasteiger partial charge in [0.15, 0.2) is 6.10 Å². The molecule has 0 amide bonds. The minimum absolute atomic E-state index is 0.188. The summed E-state index contributed by atoms with van der Waals surface area (Å²) in [4.78, 5) is 13.7. The van der Waals surface area contributed by atoms with Gasteiger partial charge in [0.05, 0.1) is 5.02 Å². The van der Waals surface area contributed by atoms with E-state index in [1.807, 2.05) is 6.07 Å². The van der Waals surface area contributed by atoms with E-state index in [0.29, 0.717) is 13.0 Å². The molecule has 4 N–H and O–H groups in total. The maximum absolute atomic E-state index is 11.3. The van der Waals surface area contributed by atoms with Gasteiger partial charge in [-0.3, -0.25) is 0 Å². The van der Waals surface area contributed by atoms with Crippen molar-refractivity contribution < 1.29 is 39.4 Å². The summed E-state index contributed by atoms with van der Waals surface area (Å²) in [5.74, 6) is -1.29. The number of hydrogen-bond acceptors (Lipinski definition) is 8. The summed E-state index contributed by atoms with van der Waals surface area (Å²) < 4.78 is 16.5. The van der Waals surface area contributed by atoms with Crippen LogP contribution in [0.1, 0.15) is 37.7 Å². The number of hydrogen-bond donors (Lipinski definition) is 4. The third kappa shape index (κ3) is 7.51. The van der Waals surface area contributed by atoms with Crippen LogP contribution in [0.25, 0.3) is 0 Å². The van der Waals surface area contributed by atoms with Gasteiger partial charge in [-0.25, -0.2) is 4.79 Å². The molecule has 2 aliphatic heterocycles. The number of carboxylic acid groups (broad SMARTS) is 1. The number of carboxylic acids is 1. The van der Waals surface area contributed by atoms with E-state index in [9.17, 15) is 20.1 Å². The highest BCUT2D eigenvalue weighted by atomic mass is 35.5. The molecule has 5 atom stereocenters. The van der Waals surface area contributed by atoms with Crippen LogP contribution in [0.5, 0.6) is 5.75 Å². The number of carbonyl (C=O) groups is 1. The van der Waals surface area contributed by atoms with Crippen molar-refractivity contribution in [2.75, 3.05) is 32.8 Å². The molecule has 0 aliphatic carbocycles. The molecule has 1 aromatic carbocycles. The van der Waals surface area contributed by atoms with Crippen LogP contribution < -0.4 is 4.74 Å². The van der Waals surface area contributed by atoms with Crippen molar-refractivity contribution >= 4 is 17.6 Å². The zero-order chi connectivity index (χ0) is 23.8. The zero-order valence-corrected chi connectivity index (χ0v) is 19.4. The highest BCUT2D eigenvalue weighted by Crippen LogP contribution is 2.30. The molecule has 0 spiro atoms. The molecule has 2 saturated heterocycles. The molecule has 2 aliphatic rings. The highest BCUT2D eigenvalue weighted by molar-refractivity contribution is 6.32. The van der Waals surface area contributed by atoms with Crippen LogP contribution in [0.15, 0.2) is 18.2 Å². The van der Waals surface area contributed by atoms with Gasteiger partial charge >= 0.3 is 5.97 Å². The van der Waals surface area contributed by atoms with Crippen LogP contribution in [0, 0.1) is 0 Å². The van der Waals surface area contributed by atoms with Gasteiger partial charge < -0.3 is 39.5 Å². The summed E-state index contributed by atoms with van der Waals surface area (Å²) in [5, 5.41) is 39.3. The number of benzene rings is 1. The topological polar surface area (TPSA) is 129 Å². The van der Waals surface area contributed by atoms with E-state index in [2.05, 4.69) is 4.90 Å². The second kappa shape index (κ2) is 12.9. The van der Waals surface area contributed by atoms with Crippen LogP contribution in [0.2, 0.25) is 5.02 Å². The number of aliphatic hydroxyl groups excluding tert-OH is 3. The van der Waals surface area contributed by atoms with Crippen LogP contribution in [-0.2, 0) is 20.7 Å². The Bertz CT molecular complexity index is 760. The molecule has 3 rings (SSSR count). The lowest BCUT2D eigenvalue weighted by molar-refractivity contribution is -0.271. The van der Waals surface area contributed by atoms with Crippen molar-refractivity contribution in [3.05, 3.63) is 28.8 Å². The largest absolute Gasteiger partial charge is 0.479 e. The quantitative estimate of drug-likeness (QED) is 0.342. The molecule has 2 fully saturated rings. The van der Waals surface area contributed by atoms with E-state index in [4.69, 9.17) is 30.9 Å². The lowest BCUT2D eigenvalue weighted by Crippen LogP contribution is -2.61. The fraction of sp³-hybridized carbons (Fsp3) is 0.696. The number of rotatable bonds is 11. The summed E-state index contributed by atoms with van der Waals surface area (Å²) in [5.41, 5.74) is 0.923. The molecule has 0 saturated carbocycles. The van der Waals surface area contributed by atoms with Gasteiger partial charge in [0.25, 0.3) is 0 Å². The first-order valence-corrected chi connectivity index (χ1v) is 11.9. The lowest BCUT2D eigenvalue weighted by atomic mass is 9.99. The Hall–Kier alpha value is -1.46. The fourth-order valence-electron chi connectivity index (χ4n) is 4.12. The van der Waals surface area contributed by atoms with E-state index < -0.39 is 36.7 Å². The SMILES string of the molecule is O=C(O)[C@H]1O[C@@H](Oc2cc(CCCOCCCN3CCCCC3)ccc2Cl)[C@H](O)[C@@H](O)[C@@H]1O. The van der Waals surface area contributed by atoms with E-state index in [-0.39, 0.29) is 10.8 Å². The summed E-state index contributed by atoms with van der Waals surface area (Å²) in [6, 6.07) is 5.17. The monoisotopic (exact) mass is 487 g/mol. The van der Waals surface area contributed by atoms with E-state index in [1.165, 1.54) is 32.4 Å². The number of halogens is 1. The molecule has 9 nitrogen and oxygen atoms in total. The van der Waals surface area contributed by atoms with Crippen molar-refractivity contribution in [3.8, 4) is 5.75 Å². The number of aliphatic carboxylic acids is 1.